The van der Waals surface area contributed by atoms with Crippen molar-refractivity contribution in [1.29, 1.82) is 0 Å². The monoisotopic (exact) mass is 196 g/mol. The lowest BCUT2D eigenvalue weighted by Gasteiger charge is -1.98. The Labute approximate surface area is 83.3 Å². The maximum atomic E-state index is 10.5. The van der Waals surface area contributed by atoms with E-state index in [1.807, 2.05) is 17.7 Å². The summed E-state index contributed by atoms with van der Waals surface area (Å²) in [6.07, 6.45) is 4.00. The van der Waals surface area contributed by atoms with Gasteiger partial charge in [-0.25, -0.2) is 4.98 Å². The average molecular weight is 196 g/mol. The Bertz CT molecular complexity index is 295. The van der Waals surface area contributed by atoms with E-state index >= 15 is 0 Å². The first-order valence-electron chi connectivity index (χ1n) is 4.72. The van der Waals surface area contributed by atoms with Crippen LogP contribution in [0.4, 0.5) is 0 Å². The molecule has 0 aliphatic heterocycles. The van der Waals surface area contributed by atoms with Gasteiger partial charge in [-0.2, -0.15) is 0 Å². The summed E-state index contributed by atoms with van der Waals surface area (Å²) in [6, 6.07) is 0. The van der Waals surface area contributed by atoms with Crippen LogP contribution in [0.1, 0.15) is 19.0 Å². The predicted octanol–water partition coefficient (Wildman–Crippen LogP) is -0.132. The van der Waals surface area contributed by atoms with E-state index in [-0.39, 0.29) is 5.91 Å². The molecule has 5 nitrogen and oxygen atoms in total. The summed E-state index contributed by atoms with van der Waals surface area (Å²) in [7, 11) is 0. The average Bonchev–Trinajstić information content (AvgIpc) is 2.59. The van der Waals surface area contributed by atoms with Gasteiger partial charge in [0.15, 0.2) is 0 Å². The number of nitrogens with two attached hydrogens (primary N) is 1. The van der Waals surface area contributed by atoms with Crippen molar-refractivity contribution in [2.45, 2.75) is 26.4 Å². The molecule has 0 radical (unpaired) electrons. The number of carbonyl (C=O) groups excluding carboxylic acids is 1. The van der Waals surface area contributed by atoms with Crippen LogP contribution in [0, 0.1) is 0 Å². The number of aryl methyl sites for hydroxylation is 1. The first-order valence-corrected chi connectivity index (χ1v) is 4.72. The third-order valence-electron chi connectivity index (χ3n) is 1.86. The fourth-order valence-corrected chi connectivity index (χ4v) is 1.11. The molecule has 0 aliphatic rings. The third-order valence-corrected chi connectivity index (χ3v) is 1.86. The maximum absolute atomic E-state index is 10.5. The number of primary amides is 1. The molecular weight excluding hydrogens is 180 g/mol. The van der Waals surface area contributed by atoms with Crippen molar-refractivity contribution < 1.29 is 4.79 Å². The molecular formula is C9H16N4O. The number of carbonyl (C=O) groups is 1. The molecule has 0 aliphatic carbocycles. The fraction of sp³-hybridized carbons (Fsp3) is 0.556. The van der Waals surface area contributed by atoms with Crippen LogP contribution in [0.5, 0.6) is 0 Å². The summed E-state index contributed by atoms with van der Waals surface area (Å²) in [4.78, 5) is 14.7. The maximum Gasteiger partial charge on any atom is 0.219 e. The number of nitrogens with one attached hydrogen (secondary N) is 1. The van der Waals surface area contributed by atoms with Crippen molar-refractivity contribution >= 4 is 5.91 Å². The molecule has 0 unspecified atom stereocenters. The Balaban J connectivity index is 2.38. The van der Waals surface area contributed by atoms with Crippen molar-refractivity contribution in [1.82, 2.24) is 14.9 Å². The number of rotatable bonds is 6. The Hall–Kier alpha value is -1.36. The van der Waals surface area contributed by atoms with Gasteiger partial charge in [-0.1, -0.05) is 6.92 Å². The summed E-state index contributed by atoms with van der Waals surface area (Å²) in [5.74, 6) is -0.285. The van der Waals surface area contributed by atoms with Gasteiger partial charge in [0.2, 0.25) is 5.91 Å². The van der Waals surface area contributed by atoms with Crippen LogP contribution in [0.3, 0.4) is 0 Å². The first-order chi connectivity index (χ1) is 6.72. The molecule has 78 valence electrons. The molecule has 1 amide bonds. The summed E-state index contributed by atoms with van der Waals surface area (Å²) < 4.78 is 1.87. The molecule has 14 heavy (non-hydrogen) atoms. The van der Waals surface area contributed by atoms with Crippen LogP contribution in [-0.2, 0) is 17.9 Å². The van der Waals surface area contributed by atoms with Crippen molar-refractivity contribution in [3.05, 3.63) is 18.2 Å². The topological polar surface area (TPSA) is 72.9 Å². The minimum atomic E-state index is -0.285. The van der Waals surface area contributed by atoms with Crippen LogP contribution in [0.25, 0.3) is 0 Å². The number of hydrogen-bond acceptors (Lipinski definition) is 3. The number of amides is 1. The molecule has 0 saturated heterocycles. The summed E-state index contributed by atoms with van der Waals surface area (Å²) in [5.41, 5.74) is 6.02. The number of imidazole rings is 1. The molecule has 1 rings (SSSR count). The van der Waals surface area contributed by atoms with E-state index in [0.717, 1.165) is 18.8 Å². The molecule has 0 spiro atoms. The minimum Gasteiger partial charge on any atom is -0.370 e. The molecule has 5 heteroatoms. The van der Waals surface area contributed by atoms with E-state index < -0.39 is 0 Å². The second-order valence-electron chi connectivity index (χ2n) is 3.10. The largest absolute Gasteiger partial charge is 0.370 e. The lowest BCUT2D eigenvalue weighted by molar-refractivity contribution is -0.118. The lowest BCUT2D eigenvalue weighted by atomic mass is 10.4. The van der Waals surface area contributed by atoms with Crippen molar-refractivity contribution in [3.63, 3.8) is 0 Å². The van der Waals surface area contributed by atoms with Crippen LogP contribution in [0.2, 0.25) is 0 Å². The Morgan fingerprint density at radius 1 is 1.71 bits per heavy atom. The number of nitrogens with zero attached hydrogens (tertiary/aromatic N) is 2. The van der Waals surface area contributed by atoms with Gasteiger partial charge < -0.3 is 15.6 Å². The zero-order chi connectivity index (χ0) is 10.4. The molecule has 1 aromatic heterocycles. The second kappa shape index (κ2) is 5.39. The Kier molecular flexibility index (Phi) is 4.12. The van der Waals surface area contributed by atoms with E-state index in [9.17, 15) is 4.79 Å². The zero-order valence-electron chi connectivity index (χ0n) is 8.36. The number of aromatic nitrogens is 2. The van der Waals surface area contributed by atoms with Crippen molar-refractivity contribution in [2.75, 3.05) is 6.54 Å². The quantitative estimate of drug-likeness (QED) is 0.665. The molecule has 1 aromatic rings. The van der Waals surface area contributed by atoms with Crippen LogP contribution in [0.15, 0.2) is 12.5 Å². The molecule has 0 atom stereocenters. The van der Waals surface area contributed by atoms with Gasteiger partial charge in [0.05, 0.1) is 12.0 Å². The fourth-order valence-electron chi connectivity index (χ4n) is 1.11. The van der Waals surface area contributed by atoms with Gasteiger partial charge in [0.1, 0.15) is 0 Å². The molecule has 3 N–H and O–H groups in total. The Morgan fingerprint density at radius 3 is 3.14 bits per heavy atom. The normalized spacial score (nSPS) is 10.4. The van der Waals surface area contributed by atoms with Gasteiger partial charge in [0, 0.05) is 25.7 Å². The van der Waals surface area contributed by atoms with Crippen molar-refractivity contribution in [2.24, 2.45) is 5.73 Å². The Morgan fingerprint density at radius 2 is 2.50 bits per heavy atom. The van der Waals surface area contributed by atoms with E-state index in [4.69, 9.17) is 5.73 Å². The van der Waals surface area contributed by atoms with Crippen LogP contribution in [-0.4, -0.2) is 22.0 Å². The molecule has 0 bridgehead atoms. The third kappa shape index (κ3) is 3.57. The highest BCUT2D eigenvalue weighted by Gasteiger charge is 1.99. The summed E-state index contributed by atoms with van der Waals surface area (Å²) in [6.45, 7) is 4.34. The minimum absolute atomic E-state index is 0.285. The second-order valence-corrected chi connectivity index (χ2v) is 3.10. The SMILES string of the molecule is CCNCc1cn(CCC(N)=O)cn1. The molecule has 1 heterocycles. The van der Waals surface area contributed by atoms with Crippen LogP contribution < -0.4 is 11.1 Å². The standard InChI is InChI=1S/C9H16N4O/c1-2-11-5-8-6-13(7-12-8)4-3-9(10)14/h6-7,11H,2-5H2,1H3,(H2,10,14). The van der Waals surface area contributed by atoms with E-state index in [0.29, 0.717) is 13.0 Å². The molecule has 0 fully saturated rings. The van der Waals surface area contributed by atoms with Gasteiger partial charge in [0.25, 0.3) is 0 Å². The van der Waals surface area contributed by atoms with Crippen molar-refractivity contribution in [3.8, 4) is 0 Å². The predicted molar refractivity (Wildman–Crippen MR) is 53.4 cm³/mol. The number of hydrogen-bond donors (Lipinski definition) is 2. The van der Waals surface area contributed by atoms with E-state index in [1.165, 1.54) is 0 Å². The van der Waals surface area contributed by atoms with Gasteiger partial charge in [-0.05, 0) is 6.54 Å². The highest BCUT2D eigenvalue weighted by molar-refractivity contribution is 5.73. The molecule has 0 saturated carbocycles. The summed E-state index contributed by atoms with van der Waals surface area (Å²) in [5, 5.41) is 3.18. The van der Waals surface area contributed by atoms with E-state index in [2.05, 4.69) is 10.3 Å². The lowest BCUT2D eigenvalue weighted by Crippen LogP contribution is -2.13. The van der Waals surface area contributed by atoms with Gasteiger partial charge in [-0.3, -0.25) is 4.79 Å². The van der Waals surface area contributed by atoms with Gasteiger partial charge in [-0.15, -0.1) is 0 Å². The highest BCUT2D eigenvalue weighted by Crippen LogP contribution is 1.97. The molecule has 0 aromatic carbocycles. The van der Waals surface area contributed by atoms with Gasteiger partial charge >= 0.3 is 0 Å². The van der Waals surface area contributed by atoms with Crippen LogP contribution >= 0.6 is 0 Å². The van der Waals surface area contributed by atoms with E-state index in [1.54, 1.807) is 6.33 Å². The smallest absolute Gasteiger partial charge is 0.219 e. The first kappa shape index (κ1) is 10.7. The summed E-state index contributed by atoms with van der Waals surface area (Å²) >= 11 is 0. The highest BCUT2D eigenvalue weighted by atomic mass is 16.1. The zero-order valence-corrected chi connectivity index (χ0v) is 8.36.